The van der Waals surface area contributed by atoms with E-state index in [2.05, 4.69) is 20.0 Å². The molecule has 12 bridgehead atoms. The maximum atomic E-state index is 17.6. The Morgan fingerprint density at radius 3 is 0.612 bits per heavy atom. The van der Waals surface area contributed by atoms with Crippen molar-refractivity contribution in [3.63, 3.8) is 0 Å². The Bertz CT molecular complexity index is 6010. The molecule has 0 spiro atoms. The van der Waals surface area contributed by atoms with Gasteiger partial charge in [-0.25, -0.2) is 204 Å². The van der Waals surface area contributed by atoms with Crippen LogP contribution < -0.4 is 0 Å². The number of hydrogen-bond acceptors (Lipinski definition) is 6. The van der Waals surface area contributed by atoms with Gasteiger partial charge >= 0.3 is 0 Å². The SMILES string of the molecule is OC1(c2c(F)c(F)c(F)c(F)c2F)C2=N/C(=C(/c3c(F)c(F)c(F)c(F)c3F)C3=N/C(=C(/c4c(F)c(F)c(F)c(F)c4F)c4[nH]c(c(F)c4F)C(O)(c4c(F)c(F)c(F)c(F)c4F)c4[nH]c(c(F)c4F)/C(c4c(F)c(F)c(F)c(F)c4F)=C4N=C(C(F)=C/4F)/C(c4c(F)c(F)c(F)c(F)c4F)=C4\N=C1C(F)=C4F)C(F)=C3F)C(F)=C2F. The number of aliphatic hydroxyl groups is 2. The zero-order chi connectivity index (χ0) is 86.2. The van der Waals surface area contributed by atoms with Crippen molar-refractivity contribution < 1.29 is 195 Å². The molecule has 8 aromatic rings. The molecule has 2 unspecified atom stereocenters. The van der Waals surface area contributed by atoms with Crippen molar-refractivity contribution in [2.24, 2.45) is 20.0 Å². The molecule has 604 valence electrons. The molecule has 5 aliphatic rings. The van der Waals surface area contributed by atoms with Gasteiger partial charge in [-0.2, -0.15) is 0 Å². The highest BCUT2D eigenvalue weighted by Gasteiger charge is 2.58. The van der Waals surface area contributed by atoms with Crippen molar-refractivity contribution in [1.82, 2.24) is 9.97 Å². The Kier molecular flexibility index (Phi) is 19.0. The van der Waals surface area contributed by atoms with Crippen LogP contribution >= 0.6 is 0 Å². The Balaban J connectivity index is 1.37. The van der Waals surface area contributed by atoms with Gasteiger partial charge in [0.05, 0.1) is 56.2 Å². The van der Waals surface area contributed by atoms with Gasteiger partial charge < -0.3 is 20.2 Å². The largest absolute Gasteiger partial charge is 0.373 e. The zero-order valence-electron chi connectivity index (χ0n) is 52.6. The van der Waals surface area contributed by atoms with Crippen molar-refractivity contribution in [1.29, 1.82) is 0 Å². The second kappa shape index (κ2) is 27.1. The molecule has 6 aromatic carbocycles. The normalized spacial score (nSPS) is 20.7. The Labute approximate surface area is 603 Å². The third-order valence-corrected chi connectivity index (χ3v) is 17.4. The molecule has 5 aliphatic heterocycles. The number of halogens is 42. The average molecular weight is 1710 g/mol. The molecular weight excluding hydrogens is 1710 g/mol. The standard InChI is InChI=1S/C66H4F42N6O2/c67-11-1(12(68)24(80)35(91)23(11)79)5-53-41(97)42(98)54(109-53)6(2-13(69)25(81)36(92)26(82)14(2)70)58-46(102)51(107)63(112-58)66(116,10-21(77)33(89)40(96)34(90)22(10)78)64-52(108)48(104)60(114-64)8(4-17(73)29(85)38(94)30(86)18(4)74)56-44(100)43(99)55(110-56)7(3-15(71)27(83)37(93)28(84)16(3)72)59-47(103)50(106)62(113-59)65(115,61-49(105)45(101)57(5)111-61)9-19(75)31(87)39(95)32(88)20(9)76/h111,113,115-116H/b53-5-,55-7+,58-6-,60-8-. The zero-order valence-corrected chi connectivity index (χ0v) is 52.6. The van der Waals surface area contributed by atoms with Crippen molar-refractivity contribution in [3.05, 3.63) is 323 Å². The molecular formula is C66H4F42N6O2. The number of fused-ring (bicyclic) bond motifs is 8. The molecule has 0 radical (unpaired) electrons. The summed E-state index contributed by atoms with van der Waals surface area (Å²) >= 11 is 0. The second-order valence-corrected chi connectivity index (χ2v) is 23.3. The highest BCUT2D eigenvalue weighted by atomic mass is 19.2. The van der Waals surface area contributed by atoms with Gasteiger partial charge in [0.15, 0.2) is 221 Å². The van der Waals surface area contributed by atoms with Gasteiger partial charge in [-0.05, 0) is 0 Å². The summed E-state index contributed by atoms with van der Waals surface area (Å²) in [6.07, 6.45) is 0. The van der Waals surface area contributed by atoms with E-state index < -0.39 is 380 Å². The maximum Gasteiger partial charge on any atom is 0.200 e. The van der Waals surface area contributed by atoms with E-state index in [4.69, 9.17) is 0 Å². The molecule has 13 rings (SSSR count). The summed E-state index contributed by atoms with van der Waals surface area (Å²) in [5.74, 6) is -159. The third-order valence-electron chi connectivity index (χ3n) is 17.4. The molecule has 2 atom stereocenters. The summed E-state index contributed by atoms with van der Waals surface area (Å²) in [6.45, 7) is 0. The van der Waals surface area contributed by atoms with Crippen LogP contribution in [0.2, 0.25) is 0 Å². The van der Waals surface area contributed by atoms with E-state index >= 15 is 158 Å². The molecule has 2 aromatic heterocycles. The van der Waals surface area contributed by atoms with Gasteiger partial charge in [-0.15, -0.1) is 0 Å². The first-order chi connectivity index (χ1) is 53.9. The summed E-state index contributed by atoms with van der Waals surface area (Å²) < 4.78 is 685. The summed E-state index contributed by atoms with van der Waals surface area (Å²) in [4.78, 5) is 11.3. The first-order valence-corrected chi connectivity index (χ1v) is 29.2. The lowest BCUT2D eigenvalue weighted by Crippen LogP contribution is -2.46. The average Bonchev–Trinajstić information content (AvgIpc) is 1.53. The summed E-state index contributed by atoms with van der Waals surface area (Å²) in [6, 6.07) is 0. The number of aromatic nitrogens is 2. The molecule has 4 N–H and O–H groups in total. The highest BCUT2D eigenvalue weighted by molar-refractivity contribution is 6.37. The Hall–Kier alpha value is -12.5. The van der Waals surface area contributed by atoms with Gasteiger partial charge in [0, 0.05) is 22.3 Å². The number of aromatic amines is 2. The second-order valence-electron chi connectivity index (χ2n) is 23.3. The third kappa shape index (κ3) is 10.6. The van der Waals surface area contributed by atoms with Gasteiger partial charge in [0.2, 0.25) is 34.9 Å². The number of allylic oxidation sites excluding steroid dienone is 8. The number of nitrogens with one attached hydrogen (secondary N) is 2. The minimum atomic E-state index is -6.33. The Morgan fingerprint density at radius 1 is 0.181 bits per heavy atom. The smallest absolute Gasteiger partial charge is 0.200 e. The van der Waals surface area contributed by atoms with Crippen LogP contribution in [0.25, 0.3) is 22.3 Å². The van der Waals surface area contributed by atoms with Gasteiger partial charge in [0.25, 0.3) is 0 Å². The lowest BCUT2D eigenvalue weighted by molar-refractivity contribution is 0.0956. The van der Waals surface area contributed by atoms with Crippen LogP contribution in [0.1, 0.15) is 56.2 Å². The number of aliphatic imine (C=N–C) groups is 4. The fraction of sp³-hybridized carbons (Fsp3) is 0.0303. The molecule has 8 nitrogen and oxygen atoms in total. The number of rotatable bonds is 6. The summed E-state index contributed by atoms with van der Waals surface area (Å²) in [5.41, 5.74) is -89.2. The van der Waals surface area contributed by atoms with E-state index in [0.717, 1.165) is 0 Å². The number of benzene rings is 6. The first-order valence-electron chi connectivity index (χ1n) is 29.2. The molecule has 0 amide bonds. The predicted octanol–water partition coefficient (Wildman–Crippen LogP) is 20.0. The molecule has 0 fully saturated rings. The van der Waals surface area contributed by atoms with Gasteiger partial charge in [-0.3, -0.25) is 0 Å². The minimum Gasteiger partial charge on any atom is -0.373 e. The van der Waals surface area contributed by atoms with E-state index in [1.165, 1.54) is 0 Å². The molecule has 0 saturated carbocycles. The van der Waals surface area contributed by atoms with Crippen LogP contribution in [0.4, 0.5) is 184 Å². The topological polar surface area (TPSA) is 121 Å². The maximum absolute atomic E-state index is 17.6. The molecule has 0 aliphatic carbocycles. The van der Waals surface area contributed by atoms with Crippen LogP contribution in [0.5, 0.6) is 0 Å². The van der Waals surface area contributed by atoms with Crippen LogP contribution in [-0.4, -0.2) is 43.0 Å². The van der Waals surface area contributed by atoms with Crippen LogP contribution in [-0.2, 0) is 11.2 Å². The van der Waals surface area contributed by atoms with E-state index in [-0.39, 0.29) is 0 Å². The van der Waals surface area contributed by atoms with Crippen LogP contribution in [0.3, 0.4) is 0 Å². The van der Waals surface area contributed by atoms with Gasteiger partial charge in [-0.1, -0.05) is 0 Å². The van der Waals surface area contributed by atoms with E-state index in [9.17, 15) is 36.6 Å². The lowest BCUT2D eigenvalue weighted by Gasteiger charge is -2.29. The lowest BCUT2D eigenvalue weighted by atomic mass is 9.82. The van der Waals surface area contributed by atoms with E-state index in [1.54, 1.807) is 0 Å². The highest BCUT2D eigenvalue weighted by Crippen LogP contribution is 2.55. The molecule has 0 saturated heterocycles. The van der Waals surface area contributed by atoms with Crippen molar-refractivity contribution in [2.75, 3.05) is 0 Å². The number of hydrogen-bond donors (Lipinski definition) is 4. The van der Waals surface area contributed by atoms with Crippen molar-refractivity contribution >= 4 is 45.1 Å². The first kappa shape index (κ1) is 81.5. The van der Waals surface area contributed by atoms with Gasteiger partial charge in [0.1, 0.15) is 45.6 Å². The number of H-pyrrole nitrogens is 2. The predicted molar refractivity (Wildman–Crippen MR) is 297 cm³/mol. The fourth-order valence-corrected chi connectivity index (χ4v) is 12.2. The van der Waals surface area contributed by atoms with Crippen molar-refractivity contribution in [3.8, 4) is 0 Å². The monoisotopic (exact) mass is 1710 g/mol. The minimum absolute atomic E-state index is 0.567. The fourth-order valence-electron chi connectivity index (χ4n) is 12.2. The Morgan fingerprint density at radius 2 is 0.371 bits per heavy atom. The quantitative estimate of drug-likeness (QED) is 0.0753. The molecule has 116 heavy (non-hydrogen) atoms. The summed E-state index contributed by atoms with van der Waals surface area (Å²) in [7, 11) is 0. The summed E-state index contributed by atoms with van der Waals surface area (Å²) in [5, 5.41) is 25.3. The van der Waals surface area contributed by atoms with Crippen LogP contribution in [0, 0.1) is 198 Å². The molecule has 7 heterocycles. The van der Waals surface area contributed by atoms with Crippen LogP contribution in [0.15, 0.2) is 89.4 Å². The van der Waals surface area contributed by atoms with E-state index in [1.807, 2.05) is 0 Å². The molecule has 50 heteroatoms. The number of nitrogens with zero attached hydrogens (tertiary/aromatic N) is 4. The van der Waals surface area contributed by atoms with E-state index in [0.29, 0.717) is 9.97 Å². The van der Waals surface area contributed by atoms with Crippen molar-refractivity contribution in [2.45, 2.75) is 11.2 Å².